The van der Waals surface area contributed by atoms with E-state index in [9.17, 15) is 44.3 Å². The zero-order valence-electron chi connectivity index (χ0n) is 27.3. The molecule has 4 unspecified atom stereocenters. The minimum Gasteiger partial charge on any atom is -0.480 e. The Balaban J connectivity index is 1.51. The highest BCUT2D eigenvalue weighted by atomic mass is 16.6. The number of carboxylic acid groups (broad SMARTS) is 2. The SMILES string of the molecule is CN1CC(c2ccc(NC(=O)Nc3ccc([N+](=O)[O-])cc3)cc2)CC1C(=O)NC(C/C=C/CC(NC(=O)CC(C)(C)C)C(=O)O)C(=O)O. The van der Waals surface area contributed by atoms with Gasteiger partial charge in [-0.25, -0.2) is 14.4 Å². The highest BCUT2D eigenvalue weighted by Gasteiger charge is 2.36. The Kier molecular flexibility index (Phi) is 12.8. The van der Waals surface area contributed by atoms with Crippen LogP contribution in [0.4, 0.5) is 21.9 Å². The first kappa shape index (κ1) is 37.2. The Bertz CT molecular complexity index is 1520. The topological polar surface area (TPSA) is 220 Å². The van der Waals surface area contributed by atoms with Gasteiger partial charge in [-0.05, 0) is 67.5 Å². The predicted molar refractivity (Wildman–Crippen MR) is 178 cm³/mol. The molecule has 15 nitrogen and oxygen atoms in total. The minimum absolute atomic E-state index is 0.0293. The summed E-state index contributed by atoms with van der Waals surface area (Å²) in [5.41, 5.74) is 1.42. The molecule has 15 heteroatoms. The third-order valence-corrected chi connectivity index (χ3v) is 7.68. The summed E-state index contributed by atoms with van der Waals surface area (Å²) >= 11 is 0. The van der Waals surface area contributed by atoms with Gasteiger partial charge in [-0.3, -0.25) is 24.6 Å². The number of likely N-dealkylation sites (N-methyl/N-ethyl adjacent to an activating group) is 1. The van der Waals surface area contributed by atoms with Crippen molar-refractivity contribution in [3.63, 3.8) is 0 Å². The van der Waals surface area contributed by atoms with Crippen molar-refractivity contribution in [2.24, 2.45) is 5.41 Å². The number of benzene rings is 2. The number of non-ortho nitro benzene ring substituents is 1. The fraction of sp³-hybridized carbons (Fsp3) is 0.424. The maximum atomic E-state index is 13.1. The van der Waals surface area contributed by atoms with E-state index >= 15 is 0 Å². The number of nitro groups is 1. The molecule has 0 aromatic heterocycles. The molecule has 1 fully saturated rings. The number of amides is 4. The van der Waals surface area contributed by atoms with Crippen molar-refractivity contribution in [2.45, 2.75) is 70.5 Å². The molecule has 3 rings (SSSR count). The van der Waals surface area contributed by atoms with Crippen LogP contribution in [-0.4, -0.2) is 81.5 Å². The number of carboxylic acids is 2. The Labute approximate surface area is 277 Å². The second kappa shape index (κ2) is 16.5. The van der Waals surface area contributed by atoms with E-state index < -0.39 is 52.8 Å². The summed E-state index contributed by atoms with van der Waals surface area (Å²) < 4.78 is 0. The van der Waals surface area contributed by atoms with Crippen molar-refractivity contribution in [3.8, 4) is 0 Å². The van der Waals surface area contributed by atoms with Crippen LogP contribution < -0.4 is 21.3 Å². The first-order valence-corrected chi connectivity index (χ1v) is 15.4. The van der Waals surface area contributed by atoms with Gasteiger partial charge in [0, 0.05) is 36.5 Å². The Morgan fingerprint density at radius 1 is 0.896 bits per heavy atom. The van der Waals surface area contributed by atoms with Gasteiger partial charge in [0.25, 0.3) is 5.69 Å². The number of carbonyl (C=O) groups excluding carboxylic acids is 3. The third-order valence-electron chi connectivity index (χ3n) is 7.68. The summed E-state index contributed by atoms with van der Waals surface area (Å²) in [6.45, 7) is 6.13. The fourth-order valence-electron chi connectivity index (χ4n) is 5.25. The van der Waals surface area contributed by atoms with Crippen LogP contribution in [-0.2, 0) is 19.2 Å². The van der Waals surface area contributed by atoms with Crippen LogP contribution in [0, 0.1) is 15.5 Å². The molecule has 6 N–H and O–H groups in total. The third kappa shape index (κ3) is 11.5. The molecule has 1 heterocycles. The lowest BCUT2D eigenvalue weighted by Crippen LogP contribution is -2.48. The number of anilines is 2. The largest absolute Gasteiger partial charge is 0.480 e. The summed E-state index contributed by atoms with van der Waals surface area (Å²) in [4.78, 5) is 73.3. The van der Waals surface area contributed by atoms with Crippen molar-refractivity contribution in [1.29, 1.82) is 0 Å². The van der Waals surface area contributed by atoms with Crippen LogP contribution in [0.15, 0.2) is 60.7 Å². The molecule has 4 amide bonds. The van der Waals surface area contributed by atoms with Crippen LogP contribution in [0.25, 0.3) is 0 Å². The molecule has 1 saturated heterocycles. The van der Waals surface area contributed by atoms with Crippen LogP contribution in [0.5, 0.6) is 0 Å². The number of nitro benzene ring substituents is 1. The number of likely N-dealkylation sites (tertiary alicyclic amines) is 1. The smallest absolute Gasteiger partial charge is 0.326 e. The average molecular weight is 667 g/mol. The molecule has 1 aliphatic heterocycles. The van der Waals surface area contributed by atoms with Crippen LogP contribution in [0.1, 0.15) is 57.9 Å². The number of aliphatic carboxylic acids is 2. The quantitative estimate of drug-likeness (QED) is 0.0968. The molecule has 2 aromatic carbocycles. The number of urea groups is 1. The van der Waals surface area contributed by atoms with Gasteiger partial charge in [0.15, 0.2) is 0 Å². The lowest BCUT2D eigenvalue weighted by molar-refractivity contribution is -0.384. The van der Waals surface area contributed by atoms with E-state index in [0.29, 0.717) is 24.3 Å². The molecule has 48 heavy (non-hydrogen) atoms. The van der Waals surface area contributed by atoms with Gasteiger partial charge in [-0.15, -0.1) is 0 Å². The van der Waals surface area contributed by atoms with E-state index in [1.165, 1.54) is 36.4 Å². The van der Waals surface area contributed by atoms with E-state index in [2.05, 4.69) is 21.3 Å². The normalized spacial score (nSPS) is 17.7. The van der Waals surface area contributed by atoms with Gasteiger partial charge in [0.05, 0.1) is 11.0 Å². The number of nitrogens with zero attached hydrogens (tertiary/aromatic N) is 2. The van der Waals surface area contributed by atoms with E-state index in [1.807, 2.05) is 37.8 Å². The monoisotopic (exact) mass is 666 g/mol. The van der Waals surface area contributed by atoms with Gasteiger partial charge in [-0.1, -0.05) is 45.1 Å². The highest BCUT2D eigenvalue weighted by molar-refractivity contribution is 5.99. The zero-order chi connectivity index (χ0) is 35.6. The summed E-state index contributed by atoms with van der Waals surface area (Å²) in [6, 6.07) is 9.02. The number of hydrogen-bond donors (Lipinski definition) is 6. The molecular weight excluding hydrogens is 624 g/mol. The molecule has 0 aliphatic carbocycles. The predicted octanol–water partition coefficient (Wildman–Crippen LogP) is 3.94. The van der Waals surface area contributed by atoms with Crippen LogP contribution in [0.3, 0.4) is 0 Å². The standard InChI is InChI=1S/C33H42N6O9/c1-33(2,3)18-28(40)36-25(30(42)43)7-5-6-8-26(31(44)45)37-29(41)27-17-21(19-38(27)4)20-9-11-22(12-10-20)34-32(46)35-23-13-15-24(16-14-23)39(47)48/h5-6,9-16,21,25-27H,7-8,17-19H2,1-4H3,(H,36,40)(H,37,41)(H,42,43)(H,44,45)(H2,34,35,46)/b6-5+. The fourth-order valence-corrected chi connectivity index (χ4v) is 5.25. The molecule has 258 valence electrons. The van der Waals surface area contributed by atoms with Gasteiger partial charge in [-0.2, -0.15) is 0 Å². The summed E-state index contributed by atoms with van der Waals surface area (Å²) in [7, 11) is 1.78. The number of carbonyl (C=O) groups is 5. The molecule has 4 atom stereocenters. The van der Waals surface area contributed by atoms with Gasteiger partial charge < -0.3 is 31.5 Å². The summed E-state index contributed by atoms with van der Waals surface area (Å²) in [5, 5.41) is 40.3. The zero-order valence-corrected chi connectivity index (χ0v) is 27.3. The number of rotatable bonds is 14. The van der Waals surface area contributed by atoms with Gasteiger partial charge in [0.1, 0.15) is 12.1 Å². The van der Waals surface area contributed by atoms with Crippen molar-refractivity contribution in [1.82, 2.24) is 15.5 Å². The summed E-state index contributed by atoms with van der Waals surface area (Å²) in [5.74, 6) is -3.31. The second-order valence-electron chi connectivity index (χ2n) is 12.9. The molecule has 1 aliphatic rings. The molecule has 2 aromatic rings. The van der Waals surface area contributed by atoms with Gasteiger partial charge in [0.2, 0.25) is 11.8 Å². The van der Waals surface area contributed by atoms with E-state index in [4.69, 9.17) is 0 Å². The second-order valence-corrected chi connectivity index (χ2v) is 12.9. The Morgan fingerprint density at radius 3 is 1.88 bits per heavy atom. The first-order chi connectivity index (χ1) is 22.5. The lowest BCUT2D eigenvalue weighted by atomic mass is 9.92. The van der Waals surface area contributed by atoms with Crippen molar-refractivity contribution < 1.29 is 39.1 Å². The van der Waals surface area contributed by atoms with Crippen molar-refractivity contribution >= 4 is 46.8 Å². The van der Waals surface area contributed by atoms with E-state index in [1.54, 1.807) is 19.2 Å². The lowest BCUT2D eigenvalue weighted by Gasteiger charge is -2.21. The number of nitrogens with one attached hydrogen (secondary N) is 4. The maximum Gasteiger partial charge on any atom is 0.326 e. The Morgan fingerprint density at radius 2 is 1.40 bits per heavy atom. The van der Waals surface area contributed by atoms with E-state index in [0.717, 1.165) is 5.56 Å². The average Bonchev–Trinajstić information content (AvgIpc) is 3.38. The molecule has 0 radical (unpaired) electrons. The van der Waals surface area contributed by atoms with Crippen LogP contribution in [0.2, 0.25) is 0 Å². The molecular formula is C33H42N6O9. The highest BCUT2D eigenvalue weighted by Crippen LogP contribution is 2.31. The summed E-state index contributed by atoms with van der Waals surface area (Å²) in [6.07, 6.45) is 3.43. The molecule has 0 saturated carbocycles. The van der Waals surface area contributed by atoms with E-state index in [-0.39, 0.29) is 36.3 Å². The minimum atomic E-state index is -1.24. The Hall–Kier alpha value is -5.31. The maximum absolute atomic E-state index is 13.1. The van der Waals surface area contributed by atoms with Crippen LogP contribution >= 0.6 is 0 Å². The molecule has 0 spiro atoms. The van der Waals surface area contributed by atoms with Gasteiger partial charge >= 0.3 is 18.0 Å². The van der Waals surface area contributed by atoms with Crippen molar-refractivity contribution in [2.75, 3.05) is 24.2 Å². The van der Waals surface area contributed by atoms with Crippen molar-refractivity contribution in [3.05, 3.63) is 76.4 Å². The first-order valence-electron chi connectivity index (χ1n) is 15.4. The molecule has 0 bridgehead atoms. The number of hydrogen-bond acceptors (Lipinski definition) is 8.